The number of hydrogen-bond donors (Lipinski definition) is 1. The van der Waals surface area contributed by atoms with Crippen LogP contribution in [0.5, 0.6) is 0 Å². The second kappa shape index (κ2) is 5.44. The standard InChI is InChI=1S/C15H17N3O2S/c1-10-9-21-13-6-4-3-5-11(13)8-18(10)15(20)12-7-14(19)17(2)16-12/h3-7,10,16H,8-9H2,1-2H3. The molecular formula is C15H17N3O2S. The van der Waals surface area contributed by atoms with Crippen LogP contribution in [0.4, 0.5) is 0 Å². The van der Waals surface area contributed by atoms with Crippen molar-refractivity contribution in [3.8, 4) is 0 Å². The molecule has 6 heteroatoms. The topological polar surface area (TPSA) is 58.1 Å². The lowest BCUT2D eigenvalue weighted by molar-refractivity contribution is 0.0687. The Hall–Kier alpha value is -1.95. The molecule has 0 bridgehead atoms. The Kier molecular flexibility index (Phi) is 3.63. The van der Waals surface area contributed by atoms with Crippen LogP contribution < -0.4 is 5.56 Å². The third kappa shape index (κ3) is 2.63. The summed E-state index contributed by atoms with van der Waals surface area (Å²) in [4.78, 5) is 27.3. The van der Waals surface area contributed by atoms with E-state index < -0.39 is 0 Å². The number of carbonyl (C=O) groups excluding carboxylic acids is 1. The maximum atomic E-state index is 12.7. The van der Waals surface area contributed by atoms with Crippen LogP contribution in [0, 0.1) is 0 Å². The van der Waals surface area contributed by atoms with Crippen molar-refractivity contribution in [3.05, 3.63) is 51.9 Å². The van der Waals surface area contributed by atoms with Gasteiger partial charge in [-0.05, 0) is 18.6 Å². The number of thioether (sulfide) groups is 1. The van der Waals surface area contributed by atoms with Gasteiger partial charge >= 0.3 is 0 Å². The maximum absolute atomic E-state index is 12.7. The van der Waals surface area contributed by atoms with Gasteiger partial charge < -0.3 is 4.90 Å². The molecule has 0 saturated heterocycles. The summed E-state index contributed by atoms with van der Waals surface area (Å²) in [6.07, 6.45) is 0. The van der Waals surface area contributed by atoms with E-state index in [1.54, 1.807) is 18.8 Å². The van der Waals surface area contributed by atoms with Crippen LogP contribution in [-0.4, -0.2) is 32.4 Å². The zero-order chi connectivity index (χ0) is 15.0. The summed E-state index contributed by atoms with van der Waals surface area (Å²) in [7, 11) is 1.61. The summed E-state index contributed by atoms with van der Waals surface area (Å²) in [5, 5.41) is 2.81. The van der Waals surface area contributed by atoms with Gasteiger partial charge in [0.25, 0.3) is 11.5 Å². The van der Waals surface area contributed by atoms with Crippen molar-refractivity contribution in [2.24, 2.45) is 7.05 Å². The van der Waals surface area contributed by atoms with Crippen molar-refractivity contribution in [2.45, 2.75) is 24.4 Å². The van der Waals surface area contributed by atoms with Crippen LogP contribution in [-0.2, 0) is 13.6 Å². The van der Waals surface area contributed by atoms with Gasteiger partial charge in [0.2, 0.25) is 0 Å². The van der Waals surface area contributed by atoms with Gasteiger partial charge in [-0.2, -0.15) is 0 Å². The van der Waals surface area contributed by atoms with E-state index in [9.17, 15) is 9.59 Å². The van der Waals surface area contributed by atoms with Crippen LogP contribution in [0.15, 0.2) is 40.0 Å². The monoisotopic (exact) mass is 303 g/mol. The van der Waals surface area contributed by atoms with Gasteiger partial charge in [0.05, 0.1) is 0 Å². The molecule has 2 heterocycles. The first kappa shape index (κ1) is 14.0. The zero-order valence-electron chi connectivity index (χ0n) is 12.0. The van der Waals surface area contributed by atoms with Gasteiger partial charge in [-0.25, -0.2) is 0 Å². The third-order valence-electron chi connectivity index (χ3n) is 3.70. The summed E-state index contributed by atoms with van der Waals surface area (Å²) in [5.74, 6) is 0.720. The fourth-order valence-corrected chi connectivity index (χ4v) is 3.53. The van der Waals surface area contributed by atoms with E-state index in [0.717, 1.165) is 11.3 Å². The fourth-order valence-electron chi connectivity index (χ4n) is 2.44. The Balaban J connectivity index is 1.93. The van der Waals surface area contributed by atoms with E-state index in [0.29, 0.717) is 12.2 Å². The molecule has 0 fully saturated rings. The summed E-state index contributed by atoms with van der Waals surface area (Å²) in [5.41, 5.74) is 1.30. The SMILES string of the molecule is CC1CSc2ccccc2CN1C(=O)c1cc(=O)n(C)[nH]1. The Morgan fingerprint density at radius 2 is 2.14 bits per heavy atom. The highest BCUT2D eigenvalue weighted by molar-refractivity contribution is 7.99. The first-order chi connectivity index (χ1) is 10.1. The third-order valence-corrected chi connectivity index (χ3v) is 5.06. The van der Waals surface area contributed by atoms with Crippen molar-refractivity contribution in [3.63, 3.8) is 0 Å². The highest BCUT2D eigenvalue weighted by Gasteiger charge is 2.27. The second-order valence-electron chi connectivity index (χ2n) is 5.27. The molecule has 1 aliphatic rings. The van der Waals surface area contributed by atoms with Crippen molar-refractivity contribution >= 4 is 17.7 Å². The highest BCUT2D eigenvalue weighted by Crippen LogP contribution is 2.30. The normalized spacial score (nSPS) is 18.2. The van der Waals surface area contributed by atoms with E-state index in [1.165, 1.54) is 15.6 Å². The number of aryl methyl sites for hydroxylation is 1. The molecule has 1 unspecified atom stereocenters. The van der Waals surface area contributed by atoms with Gasteiger partial charge in [-0.3, -0.25) is 19.4 Å². The van der Waals surface area contributed by atoms with Crippen LogP contribution >= 0.6 is 11.8 Å². The molecule has 21 heavy (non-hydrogen) atoms. The molecular weight excluding hydrogens is 286 g/mol. The van der Waals surface area contributed by atoms with Gasteiger partial charge in [0, 0.05) is 36.3 Å². The summed E-state index contributed by atoms with van der Waals surface area (Å²) >= 11 is 1.77. The van der Waals surface area contributed by atoms with Crippen LogP contribution in [0.1, 0.15) is 23.0 Å². The largest absolute Gasteiger partial charge is 0.329 e. The predicted molar refractivity (Wildman–Crippen MR) is 82.5 cm³/mol. The van der Waals surface area contributed by atoms with Crippen molar-refractivity contribution in [2.75, 3.05) is 5.75 Å². The highest BCUT2D eigenvalue weighted by atomic mass is 32.2. The van der Waals surface area contributed by atoms with E-state index in [4.69, 9.17) is 0 Å². The zero-order valence-corrected chi connectivity index (χ0v) is 12.8. The molecule has 1 N–H and O–H groups in total. The first-order valence-electron chi connectivity index (χ1n) is 6.84. The molecule has 1 atom stereocenters. The van der Waals surface area contributed by atoms with E-state index >= 15 is 0 Å². The molecule has 5 nitrogen and oxygen atoms in total. The lowest BCUT2D eigenvalue weighted by Gasteiger charge is -2.26. The molecule has 2 aromatic rings. The number of benzene rings is 1. The van der Waals surface area contributed by atoms with Crippen molar-refractivity contribution in [1.29, 1.82) is 0 Å². The van der Waals surface area contributed by atoms with E-state index in [2.05, 4.69) is 11.2 Å². The molecule has 1 amide bonds. The van der Waals surface area contributed by atoms with Crippen molar-refractivity contribution < 1.29 is 4.79 Å². The molecule has 1 aromatic heterocycles. The first-order valence-corrected chi connectivity index (χ1v) is 7.82. The minimum Gasteiger partial charge on any atom is -0.329 e. The Morgan fingerprint density at radius 3 is 2.86 bits per heavy atom. The summed E-state index contributed by atoms with van der Waals surface area (Å²) < 4.78 is 1.32. The number of H-pyrrole nitrogens is 1. The molecule has 1 aliphatic heterocycles. The van der Waals surface area contributed by atoms with E-state index in [-0.39, 0.29) is 17.5 Å². The molecule has 110 valence electrons. The van der Waals surface area contributed by atoms with Crippen LogP contribution in [0.2, 0.25) is 0 Å². The maximum Gasteiger partial charge on any atom is 0.272 e. The minimum absolute atomic E-state index is 0.110. The molecule has 0 saturated carbocycles. The number of fused-ring (bicyclic) bond motifs is 1. The average molecular weight is 303 g/mol. The van der Waals surface area contributed by atoms with Gasteiger partial charge in [0.15, 0.2) is 0 Å². The predicted octanol–water partition coefficient (Wildman–Crippen LogP) is 1.85. The average Bonchev–Trinajstić information content (AvgIpc) is 2.72. The number of rotatable bonds is 1. The number of aromatic nitrogens is 2. The number of hydrogen-bond acceptors (Lipinski definition) is 3. The minimum atomic E-state index is -0.199. The van der Waals surface area contributed by atoms with Gasteiger partial charge in [-0.15, -0.1) is 11.8 Å². The second-order valence-corrected chi connectivity index (χ2v) is 6.33. The Labute approximate surface area is 126 Å². The number of aromatic amines is 1. The van der Waals surface area contributed by atoms with Crippen LogP contribution in [0.25, 0.3) is 0 Å². The Morgan fingerprint density at radius 1 is 1.38 bits per heavy atom. The summed E-state index contributed by atoms with van der Waals surface area (Å²) in [6.45, 7) is 2.61. The quantitative estimate of drug-likeness (QED) is 0.874. The van der Waals surface area contributed by atoms with Gasteiger partial charge in [-0.1, -0.05) is 18.2 Å². The van der Waals surface area contributed by atoms with Gasteiger partial charge in [0.1, 0.15) is 5.69 Å². The molecule has 0 radical (unpaired) electrons. The molecule has 0 aliphatic carbocycles. The van der Waals surface area contributed by atoms with E-state index in [1.807, 2.05) is 30.0 Å². The van der Waals surface area contributed by atoms with Crippen LogP contribution in [0.3, 0.4) is 0 Å². The lowest BCUT2D eigenvalue weighted by Crippen LogP contribution is -2.38. The number of carbonyl (C=O) groups is 1. The Bertz CT molecular complexity index is 735. The molecule has 1 aromatic carbocycles. The van der Waals surface area contributed by atoms with Crippen molar-refractivity contribution in [1.82, 2.24) is 14.7 Å². The summed E-state index contributed by atoms with van der Waals surface area (Å²) in [6, 6.07) is 9.61. The number of nitrogens with zero attached hydrogens (tertiary/aromatic N) is 2. The fraction of sp³-hybridized carbons (Fsp3) is 0.333. The molecule has 3 rings (SSSR count). The number of nitrogens with one attached hydrogen (secondary N) is 1. The molecule has 0 spiro atoms. The lowest BCUT2D eigenvalue weighted by atomic mass is 10.1. The smallest absolute Gasteiger partial charge is 0.272 e. The number of amides is 1.